The van der Waals surface area contributed by atoms with E-state index in [1.165, 1.54) is 0 Å². The lowest BCUT2D eigenvalue weighted by molar-refractivity contribution is -0.166. The van der Waals surface area contributed by atoms with Gasteiger partial charge in [0.05, 0.1) is 34.1 Å². The zero-order valence-corrected chi connectivity index (χ0v) is 23.8. The summed E-state index contributed by atoms with van der Waals surface area (Å²) in [7, 11) is 6.29. The molecule has 0 spiro atoms. The van der Waals surface area contributed by atoms with Crippen LogP contribution in [0, 0.1) is 0 Å². The number of ether oxygens (including phenoxy) is 4. The molecule has 0 bridgehead atoms. The molecule has 0 radical (unpaired) electrons. The Balaban J connectivity index is 1.47. The molecule has 1 N–H and O–H groups in total. The molecule has 2 aliphatic rings. The second kappa shape index (κ2) is 10.1. The highest BCUT2D eigenvalue weighted by molar-refractivity contribution is 6.01. The maximum absolute atomic E-state index is 14.5. The van der Waals surface area contributed by atoms with Gasteiger partial charge >= 0.3 is 0 Å². The van der Waals surface area contributed by atoms with E-state index in [9.17, 15) is 9.59 Å². The van der Waals surface area contributed by atoms with Gasteiger partial charge in [-0.2, -0.15) is 0 Å². The molecule has 9 nitrogen and oxygen atoms in total. The Labute approximate surface area is 238 Å². The average molecular weight is 556 g/mol. The van der Waals surface area contributed by atoms with Crippen molar-refractivity contribution in [3.63, 3.8) is 0 Å². The van der Waals surface area contributed by atoms with Crippen LogP contribution >= 0.6 is 0 Å². The van der Waals surface area contributed by atoms with Crippen LogP contribution in [0.25, 0.3) is 10.9 Å². The van der Waals surface area contributed by atoms with Crippen LogP contribution in [0.15, 0.2) is 60.7 Å². The lowest BCUT2D eigenvalue weighted by Gasteiger charge is -2.51. The highest BCUT2D eigenvalue weighted by atomic mass is 16.5. The number of nitrogens with one attached hydrogen (secondary N) is 1. The number of rotatable bonds is 7. The van der Waals surface area contributed by atoms with Crippen LogP contribution in [0.5, 0.6) is 23.0 Å². The van der Waals surface area contributed by atoms with Crippen LogP contribution in [0.4, 0.5) is 0 Å². The minimum Gasteiger partial charge on any atom is -0.496 e. The van der Waals surface area contributed by atoms with Gasteiger partial charge in [-0.1, -0.05) is 36.4 Å². The van der Waals surface area contributed by atoms with Crippen LogP contribution in [-0.2, 0) is 21.7 Å². The molecule has 1 unspecified atom stereocenters. The van der Waals surface area contributed by atoms with Crippen LogP contribution in [0.1, 0.15) is 35.2 Å². The number of aromatic nitrogens is 1. The number of aromatic amines is 1. The van der Waals surface area contributed by atoms with E-state index < -0.39 is 5.54 Å². The largest absolute Gasteiger partial charge is 0.496 e. The molecule has 1 saturated heterocycles. The molecular formula is C32H33N3O6. The van der Waals surface area contributed by atoms with Gasteiger partial charge < -0.3 is 33.7 Å². The first-order valence-electron chi connectivity index (χ1n) is 13.5. The Kier molecular flexibility index (Phi) is 6.52. The molecule has 1 aromatic heterocycles. The van der Waals surface area contributed by atoms with E-state index in [0.29, 0.717) is 23.8 Å². The third-order valence-electron chi connectivity index (χ3n) is 8.43. The summed E-state index contributed by atoms with van der Waals surface area (Å²) in [5.74, 6) is 1.73. The van der Waals surface area contributed by atoms with Gasteiger partial charge in [0.1, 0.15) is 12.3 Å². The smallest absolute Gasteiger partial charge is 0.255 e. The van der Waals surface area contributed by atoms with Crippen molar-refractivity contribution in [1.29, 1.82) is 0 Å². The number of nitrogens with zero attached hydrogens (tertiary/aromatic N) is 2. The molecular weight excluding hydrogens is 522 g/mol. The quantitative estimate of drug-likeness (QED) is 0.363. The Morgan fingerprint density at radius 2 is 1.54 bits per heavy atom. The highest BCUT2D eigenvalue weighted by Gasteiger charge is 2.56. The van der Waals surface area contributed by atoms with Crippen molar-refractivity contribution >= 4 is 22.7 Å². The van der Waals surface area contributed by atoms with E-state index in [1.807, 2.05) is 49.4 Å². The molecule has 41 heavy (non-hydrogen) atoms. The van der Waals surface area contributed by atoms with Crippen molar-refractivity contribution in [1.82, 2.24) is 14.8 Å². The number of carbonyl (C=O) groups excluding carboxylic acids is 2. The second-order valence-electron chi connectivity index (χ2n) is 10.5. The molecule has 3 aromatic carbocycles. The zero-order chi connectivity index (χ0) is 28.9. The number of carbonyl (C=O) groups is 2. The van der Waals surface area contributed by atoms with Gasteiger partial charge in [0.25, 0.3) is 5.91 Å². The van der Waals surface area contributed by atoms with E-state index in [-0.39, 0.29) is 30.8 Å². The Bertz CT molecular complexity index is 1640. The van der Waals surface area contributed by atoms with E-state index in [1.54, 1.807) is 50.4 Å². The number of piperazine rings is 1. The van der Waals surface area contributed by atoms with Crippen molar-refractivity contribution in [2.24, 2.45) is 0 Å². The molecule has 2 amide bonds. The van der Waals surface area contributed by atoms with Gasteiger partial charge in [0, 0.05) is 35.5 Å². The number of hydrogen-bond donors (Lipinski definition) is 1. The average Bonchev–Trinajstić information content (AvgIpc) is 3.40. The third-order valence-corrected chi connectivity index (χ3v) is 8.43. The molecule has 212 valence electrons. The summed E-state index contributed by atoms with van der Waals surface area (Å²) in [4.78, 5) is 35.3. The second-order valence-corrected chi connectivity index (χ2v) is 10.5. The fourth-order valence-corrected chi connectivity index (χ4v) is 6.49. The summed E-state index contributed by atoms with van der Waals surface area (Å²) < 4.78 is 22.2. The Morgan fingerprint density at radius 1 is 0.878 bits per heavy atom. The van der Waals surface area contributed by atoms with Gasteiger partial charge in [-0.25, -0.2) is 0 Å². The molecule has 0 aliphatic carbocycles. The van der Waals surface area contributed by atoms with Gasteiger partial charge in [-0.3, -0.25) is 9.59 Å². The SMILES string of the molecule is COc1ccccc1C1CN2C(=O)CN(Cc3cc(OC)c(OC)c(OC)c3)C(=O)[C@]2(C)c2[nH]c3ccccc3c21. The van der Waals surface area contributed by atoms with E-state index in [2.05, 4.69) is 11.1 Å². The van der Waals surface area contributed by atoms with Crippen molar-refractivity contribution in [2.45, 2.75) is 24.9 Å². The summed E-state index contributed by atoms with van der Waals surface area (Å²) in [6, 6.07) is 19.5. The fraction of sp³-hybridized carbons (Fsp3) is 0.312. The summed E-state index contributed by atoms with van der Waals surface area (Å²) in [5, 5.41) is 1.03. The van der Waals surface area contributed by atoms with Crippen molar-refractivity contribution in [3.8, 4) is 23.0 Å². The lowest BCUT2D eigenvalue weighted by Crippen LogP contribution is -2.67. The van der Waals surface area contributed by atoms with E-state index in [0.717, 1.165) is 39.0 Å². The maximum atomic E-state index is 14.5. The lowest BCUT2D eigenvalue weighted by atomic mass is 9.76. The number of para-hydroxylation sites is 2. The number of benzene rings is 3. The molecule has 1 fully saturated rings. The van der Waals surface area contributed by atoms with Crippen molar-refractivity contribution in [2.75, 3.05) is 41.5 Å². The van der Waals surface area contributed by atoms with Gasteiger partial charge in [-0.05, 0) is 42.3 Å². The number of hydrogen-bond acceptors (Lipinski definition) is 6. The first kappa shape index (κ1) is 26.6. The van der Waals surface area contributed by atoms with E-state index in [4.69, 9.17) is 18.9 Å². The first-order valence-corrected chi connectivity index (χ1v) is 13.5. The van der Waals surface area contributed by atoms with Crippen molar-refractivity contribution in [3.05, 3.63) is 83.0 Å². The number of H-pyrrole nitrogens is 1. The van der Waals surface area contributed by atoms with Crippen LogP contribution in [0.2, 0.25) is 0 Å². The zero-order valence-electron chi connectivity index (χ0n) is 23.8. The van der Waals surface area contributed by atoms with Gasteiger partial charge in [0.15, 0.2) is 17.0 Å². The predicted molar refractivity (Wildman–Crippen MR) is 154 cm³/mol. The molecule has 0 saturated carbocycles. The number of amides is 2. The summed E-state index contributed by atoms with van der Waals surface area (Å²) >= 11 is 0. The van der Waals surface area contributed by atoms with Gasteiger partial charge in [-0.15, -0.1) is 0 Å². The maximum Gasteiger partial charge on any atom is 0.255 e. The molecule has 9 heteroatoms. The minimum absolute atomic E-state index is 0.0424. The topological polar surface area (TPSA) is 93.3 Å². The van der Waals surface area contributed by atoms with E-state index >= 15 is 0 Å². The van der Waals surface area contributed by atoms with Crippen molar-refractivity contribution < 1.29 is 28.5 Å². The summed E-state index contributed by atoms with van der Waals surface area (Å²) in [5.41, 5.74) is 3.18. The molecule has 4 aromatic rings. The standard InChI is InChI=1S/C32H33N3O6/c1-32-30-28(21-11-6-8-12-23(21)33-30)22(20-10-7-9-13-24(20)38-2)17-35(32)27(36)18-34(31(32)37)16-19-14-25(39-3)29(41-5)26(15-19)40-4/h6-15,22,33H,16-18H2,1-5H3/t22?,32-/m0/s1. The summed E-state index contributed by atoms with van der Waals surface area (Å²) in [6.45, 7) is 2.37. The van der Waals surface area contributed by atoms with Crippen LogP contribution in [0.3, 0.4) is 0 Å². The molecule has 3 heterocycles. The normalized spacial score (nSPS) is 20.1. The van der Waals surface area contributed by atoms with Crippen LogP contribution in [-0.4, -0.2) is 68.1 Å². The molecule has 6 rings (SSSR count). The Morgan fingerprint density at radius 3 is 2.22 bits per heavy atom. The molecule has 2 aliphatic heterocycles. The fourth-order valence-electron chi connectivity index (χ4n) is 6.49. The summed E-state index contributed by atoms with van der Waals surface area (Å²) in [6.07, 6.45) is 0. The predicted octanol–water partition coefficient (Wildman–Crippen LogP) is 4.43. The van der Waals surface area contributed by atoms with Gasteiger partial charge in [0.2, 0.25) is 11.7 Å². The first-order chi connectivity index (χ1) is 19.8. The minimum atomic E-state index is -1.22. The Hall–Kier alpha value is -4.66. The highest BCUT2D eigenvalue weighted by Crippen LogP contribution is 2.49. The van der Waals surface area contributed by atoms with Crippen LogP contribution < -0.4 is 18.9 Å². The molecule has 2 atom stereocenters. The number of methoxy groups -OCH3 is 4. The third kappa shape index (κ3) is 3.98. The number of fused-ring (bicyclic) bond motifs is 5. The monoisotopic (exact) mass is 555 g/mol.